The maximum atomic E-state index is 14.4. The Balaban J connectivity index is 1.16. The number of piperidine rings is 1. The highest BCUT2D eigenvalue weighted by atomic mass is 35.5. The molecule has 0 unspecified atom stereocenters. The van der Waals surface area contributed by atoms with Gasteiger partial charge in [-0.3, -0.25) is 14.4 Å². The van der Waals surface area contributed by atoms with E-state index < -0.39 is 29.0 Å². The van der Waals surface area contributed by atoms with E-state index in [9.17, 15) is 32.7 Å². The van der Waals surface area contributed by atoms with Gasteiger partial charge in [0.15, 0.2) is 11.5 Å². The number of hydrogen-bond acceptors (Lipinski definition) is 8. The molecule has 8 rings (SSSR count). The minimum absolute atomic E-state index is 0.00549. The number of nitrogens with one attached hydrogen (secondary N) is 1. The van der Waals surface area contributed by atoms with Crippen molar-refractivity contribution >= 4 is 52.1 Å². The van der Waals surface area contributed by atoms with E-state index in [1.54, 1.807) is 9.47 Å². The summed E-state index contributed by atoms with van der Waals surface area (Å²) in [5.41, 5.74) is -0.0330. The topological polar surface area (TPSA) is 144 Å². The Morgan fingerprint density at radius 2 is 1.90 bits per heavy atom. The van der Waals surface area contributed by atoms with Crippen molar-refractivity contribution in [1.82, 2.24) is 29.0 Å². The molecule has 1 spiro atoms. The van der Waals surface area contributed by atoms with Crippen LogP contribution in [-0.2, 0) is 27.7 Å². The van der Waals surface area contributed by atoms with E-state index in [1.165, 1.54) is 16.6 Å². The average Bonchev–Trinajstić information content (AvgIpc) is 3.69. The lowest BCUT2D eigenvalue weighted by molar-refractivity contribution is -0.137. The molecule has 2 amide bonds. The van der Waals surface area contributed by atoms with Crippen LogP contribution in [0.3, 0.4) is 0 Å². The molecule has 1 saturated heterocycles. The van der Waals surface area contributed by atoms with E-state index in [0.717, 1.165) is 30.2 Å². The number of likely N-dealkylation sites (tertiary alicyclic amines) is 1. The maximum absolute atomic E-state index is 14.4. The molecule has 0 bridgehead atoms. The van der Waals surface area contributed by atoms with Crippen LogP contribution in [0.4, 0.5) is 18.9 Å². The molecule has 2 aliphatic carbocycles. The number of halogens is 5. The number of carbonyl (C=O) groups is 2. The predicted octanol–water partition coefficient (Wildman–Crippen LogP) is 5.05. The standard InChI is InChI=1S/C33H28Cl2F3N7O5/c34-20-13-17(33(36,37)38)1-2-21(20)39-24(47)15-44-27-18-14-19(18)32(7-9-43(10-8-32)30(49)26-22(46)3-4-23(35)40-26)25(27)29(48)45-31(44)41-28(42-45)16-5-11-50-12-6-16/h1-5,13,18-19,46H,6-12,14-15H2,(H,39,47)/t18-,19+/m0/s1. The molecule has 5 heterocycles. The molecule has 3 aromatic heterocycles. The van der Waals surface area contributed by atoms with Gasteiger partial charge in [0.2, 0.25) is 11.7 Å². The molecule has 17 heteroatoms. The predicted molar refractivity (Wildman–Crippen MR) is 174 cm³/mol. The smallest absolute Gasteiger partial charge is 0.416 e. The van der Waals surface area contributed by atoms with Crippen molar-refractivity contribution in [2.45, 2.75) is 49.7 Å². The average molecular weight is 731 g/mol. The molecule has 2 N–H and O–H groups in total. The second-order valence-electron chi connectivity index (χ2n) is 13.0. The van der Waals surface area contributed by atoms with Gasteiger partial charge < -0.3 is 24.6 Å². The summed E-state index contributed by atoms with van der Waals surface area (Å²) in [5, 5.41) is 17.3. The summed E-state index contributed by atoms with van der Waals surface area (Å²) < 4.78 is 48.0. The number of benzene rings is 1. The molecule has 1 aromatic carbocycles. The number of carbonyl (C=O) groups excluding carboxylic acids is 2. The maximum Gasteiger partial charge on any atom is 0.416 e. The van der Waals surface area contributed by atoms with Crippen molar-refractivity contribution in [1.29, 1.82) is 0 Å². The van der Waals surface area contributed by atoms with Crippen molar-refractivity contribution in [3.63, 3.8) is 0 Å². The van der Waals surface area contributed by atoms with Crippen molar-refractivity contribution in [2.24, 2.45) is 5.92 Å². The molecular formula is C33H28Cl2F3N7O5. The van der Waals surface area contributed by atoms with Crippen LogP contribution in [-0.4, -0.2) is 72.3 Å². The molecule has 260 valence electrons. The summed E-state index contributed by atoms with van der Waals surface area (Å²) in [6, 6.07) is 5.38. The Morgan fingerprint density at radius 1 is 1.12 bits per heavy atom. The summed E-state index contributed by atoms with van der Waals surface area (Å²) in [4.78, 5) is 51.7. The van der Waals surface area contributed by atoms with Gasteiger partial charge in [0, 0.05) is 35.7 Å². The molecule has 2 atom stereocenters. The van der Waals surface area contributed by atoms with Gasteiger partial charge in [-0.15, -0.1) is 5.10 Å². The van der Waals surface area contributed by atoms with Crippen LogP contribution in [0, 0.1) is 5.92 Å². The SMILES string of the molecule is O=C(Cn1c2c(c(=O)n3nc(C4=CCOCC4)nc13)C1(CCN(C(=O)c3nc(Cl)ccc3O)CC1)[C@@H]1C[C@H]21)Nc1ccc(C(F)(F)F)cc1Cl. The first kappa shape index (κ1) is 32.7. The van der Waals surface area contributed by atoms with Crippen LogP contribution in [0.15, 0.2) is 41.2 Å². The van der Waals surface area contributed by atoms with Crippen LogP contribution in [0.25, 0.3) is 11.4 Å². The zero-order chi connectivity index (χ0) is 35.1. The molecule has 4 aromatic rings. The number of nitrogens with zero attached hydrogens (tertiary/aromatic N) is 6. The van der Waals surface area contributed by atoms with Crippen molar-refractivity contribution < 1.29 is 32.6 Å². The number of alkyl halides is 3. The molecule has 50 heavy (non-hydrogen) atoms. The minimum atomic E-state index is -4.60. The fourth-order valence-corrected chi connectivity index (χ4v) is 8.21. The van der Waals surface area contributed by atoms with Crippen LogP contribution in [0.2, 0.25) is 10.2 Å². The van der Waals surface area contributed by atoms with Gasteiger partial charge in [-0.05, 0) is 67.5 Å². The van der Waals surface area contributed by atoms with Gasteiger partial charge in [-0.2, -0.15) is 22.7 Å². The lowest BCUT2D eigenvalue weighted by Gasteiger charge is -2.41. The van der Waals surface area contributed by atoms with Gasteiger partial charge in [0.05, 0.1) is 29.5 Å². The number of amides is 2. The highest BCUT2D eigenvalue weighted by molar-refractivity contribution is 6.33. The van der Waals surface area contributed by atoms with Crippen LogP contribution < -0.4 is 10.9 Å². The lowest BCUT2D eigenvalue weighted by Crippen LogP contribution is -2.48. The molecule has 1 saturated carbocycles. The number of hydrogen-bond donors (Lipinski definition) is 2. The van der Waals surface area contributed by atoms with Crippen molar-refractivity contribution in [2.75, 3.05) is 31.6 Å². The normalized spacial score (nSPS) is 20.8. The van der Waals surface area contributed by atoms with E-state index in [-0.39, 0.29) is 70.1 Å². The van der Waals surface area contributed by atoms with Crippen LogP contribution in [0.1, 0.15) is 64.7 Å². The first-order valence-electron chi connectivity index (χ1n) is 16.0. The summed E-state index contributed by atoms with van der Waals surface area (Å²) >= 11 is 12.1. The van der Waals surface area contributed by atoms with E-state index in [0.29, 0.717) is 49.6 Å². The second kappa shape index (κ2) is 11.8. The van der Waals surface area contributed by atoms with Gasteiger partial charge in [-0.1, -0.05) is 29.3 Å². The van der Waals surface area contributed by atoms with Gasteiger partial charge in [-0.25, -0.2) is 4.98 Å². The molecular weight excluding hydrogens is 702 g/mol. The monoisotopic (exact) mass is 729 g/mol. The number of fused-ring (bicyclic) bond motifs is 6. The second-order valence-corrected chi connectivity index (χ2v) is 13.8. The highest BCUT2D eigenvalue weighted by Gasteiger charge is 2.64. The number of aromatic hydroxyl groups is 1. The van der Waals surface area contributed by atoms with Crippen LogP contribution in [0.5, 0.6) is 5.75 Å². The fraction of sp³-hybridized carbons (Fsp3) is 0.394. The summed E-state index contributed by atoms with van der Waals surface area (Å²) in [6.07, 6.45) is -0.555. The third-order valence-corrected chi connectivity index (χ3v) is 10.8. The Labute approximate surface area is 291 Å². The lowest BCUT2D eigenvalue weighted by atomic mass is 9.71. The zero-order valence-electron chi connectivity index (χ0n) is 26.1. The van der Waals surface area contributed by atoms with Gasteiger partial charge in [0.1, 0.15) is 17.4 Å². The Kier molecular flexibility index (Phi) is 7.73. The fourth-order valence-electron chi connectivity index (χ4n) is 7.83. The largest absolute Gasteiger partial charge is 0.505 e. The van der Waals surface area contributed by atoms with Crippen molar-refractivity contribution in [3.8, 4) is 5.75 Å². The van der Waals surface area contributed by atoms with E-state index >= 15 is 0 Å². The van der Waals surface area contributed by atoms with Gasteiger partial charge in [0.25, 0.3) is 11.5 Å². The molecule has 2 fully saturated rings. The summed E-state index contributed by atoms with van der Waals surface area (Å²) in [7, 11) is 0. The number of ether oxygens (including phenoxy) is 1. The number of rotatable bonds is 5. The third kappa shape index (κ3) is 5.33. The molecule has 2 aliphatic heterocycles. The minimum Gasteiger partial charge on any atom is -0.505 e. The van der Waals surface area contributed by atoms with Gasteiger partial charge >= 0.3 is 6.18 Å². The number of pyridine rings is 1. The quantitative estimate of drug-likeness (QED) is 0.272. The number of aromatic nitrogens is 5. The summed E-state index contributed by atoms with van der Waals surface area (Å²) in [6.45, 7) is 1.09. The summed E-state index contributed by atoms with van der Waals surface area (Å²) in [5.74, 6) is -0.788. The Morgan fingerprint density at radius 3 is 2.60 bits per heavy atom. The van der Waals surface area contributed by atoms with Crippen LogP contribution >= 0.6 is 23.2 Å². The third-order valence-electron chi connectivity index (χ3n) is 10.2. The highest BCUT2D eigenvalue weighted by Crippen LogP contribution is 2.67. The van der Waals surface area contributed by atoms with E-state index in [4.69, 9.17) is 32.9 Å². The molecule has 12 nitrogen and oxygen atoms in total. The first-order valence-corrected chi connectivity index (χ1v) is 16.7. The first-order chi connectivity index (χ1) is 23.9. The Hall–Kier alpha value is -4.47. The molecule has 4 aliphatic rings. The van der Waals surface area contributed by atoms with Crippen molar-refractivity contribution in [3.05, 3.63) is 85.3 Å². The van der Waals surface area contributed by atoms with E-state index in [2.05, 4.69) is 15.4 Å². The number of anilines is 1. The van der Waals surface area contributed by atoms with E-state index in [1.807, 2.05) is 6.08 Å². The zero-order valence-corrected chi connectivity index (χ0v) is 27.6. The molecule has 0 radical (unpaired) electrons. The Bertz CT molecular complexity index is 2190.